The lowest BCUT2D eigenvalue weighted by atomic mass is 10.2. The van der Waals surface area contributed by atoms with Crippen LogP contribution in [0.3, 0.4) is 0 Å². The molecule has 7 nitrogen and oxygen atoms in total. The van der Waals surface area contributed by atoms with Crippen LogP contribution in [0.25, 0.3) is 0 Å². The molecule has 0 aliphatic heterocycles. The third-order valence-corrected chi connectivity index (χ3v) is 5.25. The molecular formula is C21H24N4O3S. The Morgan fingerprint density at radius 3 is 2.66 bits per heavy atom. The Labute approximate surface area is 173 Å². The Morgan fingerprint density at radius 2 is 1.97 bits per heavy atom. The van der Waals surface area contributed by atoms with Crippen molar-refractivity contribution in [3.8, 4) is 0 Å². The zero-order valence-electron chi connectivity index (χ0n) is 16.5. The molecule has 152 valence electrons. The van der Waals surface area contributed by atoms with Crippen molar-refractivity contribution in [3.05, 3.63) is 65.9 Å². The summed E-state index contributed by atoms with van der Waals surface area (Å²) in [6.45, 7) is 2.34. The number of carbonyl (C=O) groups is 2. The van der Waals surface area contributed by atoms with Crippen LogP contribution >= 0.6 is 11.8 Å². The number of aryl methyl sites for hydroxylation is 1. The van der Waals surface area contributed by atoms with E-state index in [0.29, 0.717) is 18.7 Å². The van der Waals surface area contributed by atoms with Crippen molar-refractivity contribution in [2.45, 2.75) is 37.2 Å². The maximum absolute atomic E-state index is 12.3. The Balaban J connectivity index is 1.47. The summed E-state index contributed by atoms with van der Waals surface area (Å²) in [4.78, 5) is 28.2. The van der Waals surface area contributed by atoms with E-state index >= 15 is 0 Å². The number of aromatic nitrogens is 2. The van der Waals surface area contributed by atoms with Gasteiger partial charge in [-0.3, -0.25) is 9.59 Å². The summed E-state index contributed by atoms with van der Waals surface area (Å²) in [5.74, 6) is 1.34. The number of furan rings is 1. The van der Waals surface area contributed by atoms with Crippen LogP contribution < -0.4 is 10.6 Å². The van der Waals surface area contributed by atoms with Gasteiger partial charge in [0.2, 0.25) is 5.91 Å². The molecule has 0 spiro atoms. The molecule has 2 amide bonds. The molecule has 2 N–H and O–H groups in total. The molecule has 0 unspecified atom stereocenters. The second-order valence-corrected chi connectivity index (χ2v) is 7.50. The number of rotatable bonds is 9. The topological polar surface area (TPSA) is 89.2 Å². The average Bonchev–Trinajstić information content (AvgIpc) is 3.34. The Morgan fingerprint density at radius 1 is 1.17 bits per heavy atom. The molecule has 1 aromatic carbocycles. The first-order chi connectivity index (χ1) is 14.0. The van der Waals surface area contributed by atoms with Crippen molar-refractivity contribution in [1.82, 2.24) is 14.9 Å². The molecule has 0 aliphatic rings. The molecular weight excluding hydrogens is 388 g/mol. The molecule has 0 atom stereocenters. The third-order valence-electron chi connectivity index (χ3n) is 4.17. The lowest BCUT2D eigenvalue weighted by molar-refractivity contribution is -0.116. The van der Waals surface area contributed by atoms with Gasteiger partial charge in [0, 0.05) is 38.1 Å². The van der Waals surface area contributed by atoms with Crippen LogP contribution in [0.15, 0.2) is 58.4 Å². The Kier molecular flexibility index (Phi) is 7.13. The van der Waals surface area contributed by atoms with Gasteiger partial charge in [0.05, 0.1) is 5.75 Å². The summed E-state index contributed by atoms with van der Waals surface area (Å²) in [6.07, 6.45) is 4.94. The summed E-state index contributed by atoms with van der Waals surface area (Å²) in [7, 11) is 1.93. The van der Waals surface area contributed by atoms with Crippen molar-refractivity contribution in [1.29, 1.82) is 0 Å². The largest absolute Gasteiger partial charge is 0.455 e. The molecule has 3 aromatic rings. The molecule has 29 heavy (non-hydrogen) atoms. The molecule has 0 saturated heterocycles. The van der Waals surface area contributed by atoms with Gasteiger partial charge in [0.25, 0.3) is 5.91 Å². The molecule has 0 radical (unpaired) electrons. The number of benzene rings is 1. The Bertz CT molecular complexity index is 962. The highest BCUT2D eigenvalue weighted by atomic mass is 32.2. The van der Waals surface area contributed by atoms with Crippen LogP contribution in [-0.2, 0) is 24.1 Å². The smallest absolute Gasteiger partial charge is 0.287 e. The predicted octanol–water partition coefficient (Wildman–Crippen LogP) is 3.97. The van der Waals surface area contributed by atoms with Crippen molar-refractivity contribution in [3.63, 3.8) is 0 Å². The highest BCUT2D eigenvalue weighted by Crippen LogP contribution is 2.22. The van der Waals surface area contributed by atoms with Gasteiger partial charge in [0.1, 0.15) is 5.76 Å². The quantitative estimate of drug-likeness (QED) is 0.519. The van der Waals surface area contributed by atoms with Gasteiger partial charge in [-0.1, -0.05) is 30.8 Å². The maximum Gasteiger partial charge on any atom is 0.287 e. The van der Waals surface area contributed by atoms with E-state index in [0.717, 1.165) is 28.6 Å². The number of nitrogens with zero attached hydrogens (tertiary/aromatic N) is 2. The number of hydrogen-bond donors (Lipinski definition) is 2. The molecule has 0 saturated carbocycles. The van der Waals surface area contributed by atoms with Crippen LogP contribution in [0.5, 0.6) is 0 Å². The van der Waals surface area contributed by atoms with E-state index in [9.17, 15) is 9.59 Å². The number of carbonyl (C=O) groups excluding carboxylic acids is 2. The minimum atomic E-state index is -0.265. The van der Waals surface area contributed by atoms with Gasteiger partial charge in [-0.05, 0) is 36.2 Å². The second-order valence-electron chi connectivity index (χ2n) is 6.55. The standard InChI is InChI=1S/C21H24N4O3S/c1-3-4-19(26)24-16-7-5-15(6-8-16)13-23-20(27)18-10-9-17(28-18)14-29-21-22-11-12-25(21)2/h5-12H,3-4,13-14H2,1-2H3,(H,23,27)(H,24,26). The normalized spacial score (nSPS) is 10.7. The predicted molar refractivity (Wildman–Crippen MR) is 113 cm³/mol. The lowest BCUT2D eigenvalue weighted by Crippen LogP contribution is -2.22. The summed E-state index contributed by atoms with van der Waals surface area (Å²) < 4.78 is 7.57. The first-order valence-electron chi connectivity index (χ1n) is 9.41. The van der Waals surface area contributed by atoms with E-state index in [1.165, 1.54) is 0 Å². The van der Waals surface area contributed by atoms with E-state index in [1.807, 2.05) is 49.0 Å². The monoisotopic (exact) mass is 412 g/mol. The van der Waals surface area contributed by atoms with Gasteiger partial charge in [-0.2, -0.15) is 0 Å². The molecule has 2 aromatic heterocycles. The minimum Gasteiger partial charge on any atom is -0.455 e. The van der Waals surface area contributed by atoms with Gasteiger partial charge in [-0.15, -0.1) is 0 Å². The van der Waals surface area contributed by atoms with E-state index in [4.69, 9.17) is 4.42 Å². The van der Waals surface area contributed by atoms with Crippen LogP contribution in [-0.4, -0.2) is 21.4 Å². The van der Waals surface area contributed by atoms with Gasteiger partial charge >= 0.3 is 0 Å². The highest BCUT2D eigenvalue weighted by molar-refractivity contribution is 7.98. The number of imidazole rings is 1. The first-order valence-corrected chi connectivity index (χ1v) is 10.4. The summed E-state index contributed by atoms with van der Waals surface area (Å²) in [6, 6.07) is 10.9. The summed E-state index contributed by atoms with van der Waals surface area (Å²) in [5.41, 5.74) is 1.68. The number of anilines is 1. The maximum atomic E-state index is 12.3. The van der Waals surface area contributed by atoms with E-state index in [2.05, 4.69) is 15.6 Å². The number of thioether (sulfide) groups is 1. The minimum absolute atomic E-state index is 0.00301. The van der Waals surface area contributed by atoms with Gasteiger partial charge in [0.15, 0.2) is 10.9 Å². The zero-order valence-corrected chi connectivity index (χ0v) is 17.3. The Hall–Kier alpha value is -3.00. The molecule has 8 heteroatoms. The van der Waals surface area contributed by atoms with E-state index < -0.39 is 0 Å². The van der Waals surface area contributed by atoms with Crippen LogP contribution in [0, 0.1) is 0 Å². The van der Waals surface area contributed by atoms with Gasteiger partial charge < -0.3 is 19.6 Å². The summed E-state index contributed by atoms with van der Waals surface area (Å²) in [5, 5.41) is 6.57. The van der Waals surface area contributed by atoms with Gasteiger partial charge in [-0.25, -0.2) is 4.98 Å². The van der Waals surface area contributed by atoms with Crippen LogP contribution in [0.4, 0.5) is 5.69 Å². The highest BCUT2D eigenvalue weighted by Gasteiger charge is 2.12. The van der Waals surface area contributed by atoms with Crippen LogP contribution in [0.2, 0.25) is 0 Å². The van der Waals surface area contributed by atoms with E-state index in [-0.39, 0.29) is 17.6 Å². The molecule has 0 bridgehead atoms. The van der Waals surface area contributed by atoms with Crippen molar-refractivity contribution in [2.24, 2.45) is 7.05 Å². The fourth-order valence-corrected chi connectivity index (χ4v) is 3.46. The third kappa shape index (κ3) is 5.99. The number of amides is 2. The van der Waals surface area contributed by atoms with Crippen molar-refractivity contribution in [2.75, 3.05) is 5.32 Å². The fraction of sp³-hybridized carbons (Fsp3) is 0.286. The molecule has 3 rings (SSSR count). The lowest BCUT2D eigenvalue weighted by Gasteiger charge is -2.07. The average molecular weight is 413 g/mol. The number of nitrogens with one attached hydrogen (secondary N) is 2. The first kappa shape index (κ1) is 20.7. The molecule has 0 aliphatic carbocycles. The zero-order chi connectivity index (χ0) is 20.6. The van der Waals surface area contributed by atoms with Crippen molar-refractivity contribution >= 4 is 29.3 Å². The summed E-state index contributed by atoms with van der Waals surface area (Å²) >= 11 is 1.55. The van der Waals surface area contributed by atoms with Crippen LogP contribution in [0.1, 0.15) is 41.6 Å². The fourth-order valence-electron chi connectivity index (χ4n) is 2.63. The number of hydrogen-bond acceptors (Lipinski definition) is 5. The second kappa shape index (κ2) is 9.97. The molecule has 0 fully saturated rings. The SMILES string of the molecule is CCCC(=O)Nc1ccc(CNC(=O)c2ccc(CSc3nccn3C)o2)cc1. The van der Waals surface area contributed by atoms with E-state index in [1.54, 1.807) is 30.1 Å². The molecule has 2 heterocycles. The van der Waals surface area contributed by atoms with Crippen molar-refractivity contribution < 1.29 is 14.0 Å².